The molecular formula is C20H20FNO3S. The van der Waals surface area contributed by atoms with Crippen molar-refractivity contribution in [1.29, 1.82) is 0 Å². The van der Waals surface area contributed by atoms with Gasteiger partial charge in [0.1, 0.15) is 5.82 Å². The van der Waals surface area contributed by atoms with Crippen molar-refractivity contribution in [1.82, 2.24) is 4.90 Å². The van der Waals surface area contributed by atoms with Gasteiger partial charge in [-0.15, -0.1) is 11.3 Å². The number of benzene rings is 1. The summed E-state index contributed by atoms with van der Waals surface area (Å²) in [5.74, 6) is -2.51. The number of fused-ring (bicyclic) bond motifs is 1. The Hall–Kier alpha value is -2.21. The summed E-state index contributed by atoms with van der Waals surface area (Å²) >= 11 is 1.47. The van der Waals surface area contributed by atoms with Gasteiger partial charge < -0.3 is 10.0 Å². The quantitative estimate of drug-likeness (QED) is 0.892. The molecule has 4 rings (SSSR count). The minimum Gasteiger partial charge on any atom is -0.481 e. The monoisotopic (exact) mass is 373 g/mol. The molecule has 0 spiro atoms. The van der Waals surface area contributed by atoms with Gasteiger partial charge >= 0.3 is 5.97 Å². The third-order valence-corrected chi connectivity index (χ3v) is 6.56. The molecule has 1 aromatic carbocycles. The number of halogens is 1. The molecule has 1 aliphatic heterocycles. The van der Waals surface area contributed by atoms with Gasteiger partial charge in [-0.3, -0.25) is 9.59 Å². The average Bonchev–Trinajstić information content (AvgIpc) is 3.26. The average molecular weight is 373 g/mol. The van der Waals surface area contributed by atoms with E-state index in [1.807, 2.05) is 0 Å². The number of thiophene rings is 1. The van der Waals surface area contributed by atoms with Crippen molar-refractivity contribution in [3.05, 3.63) is 57.0 Å². The summed E-state index contributed by atoms with van der Waals surface area (Å²) < 4.78 is 13.6. The molecule has 1 fully saturated rings. The largest absolute Gasteiger partial charge is 0.481 e. The Morgan fingerprint density at radius 1 is 1.19 bits per heavy atom. The number of carbonyl (C=O) groups is 2. The molecule has 1 amide bonds. The van der Waals surface area contributed by atoms with Crippen molar-refractivity contribution in [3.63, 3.8) is 0 Å². The molecule has 2 heterocycles. The fraction of sp³-hybridized carbons (Fsp3) is 0.400. The maximum absolute atomic E-state index is 13.6. The zero-order chi connectivity index (χ0) is 18.3. The highest BCUT2D eigenvalue weighted by molar-refractivity contribution is 7.12. The Kier molecular flexibility index (Phi) is 4.53. The number of hydrogen-bond acceptors (Lipinski definition) is 3. The van der Waals surface area contributed by atoms with Gasteiger partial charge in [0.15, 0.2) is 0 Å². The van der Waals surface area contributed by atoms with Gasteiger partial charge in [-0.1, -0.05) is 12.1 Å². The molecule has 6 heteroatoms. The molecular weight excluding hydrogens is 353 g/mol. The maximum atomic E-state index is 13.6. The van der Waals surface area contributed by atoms with Crippen LogP contribution in [0, 0.1) is 11.7 Å². The van der Waals surface area contributed by atoms with Crippen molar-refractivity contribution < 1.29 is 19.1 Å². The Bertz CT molecular complexity index is 862. The number of aliphatic carboxylic acids is 1. The zero-order valence-corrected chi connectivity index (χ0v) is 15.1. The van der Waals surface area contributed by atoms with Gasteiger partial charge in [-0.05, 0) is 59.9 Å². The Balaban J connectivity index is 1.61. The number of amides is 1. The molecule has 0 saturated carbocycles. The van der Waals surface area contributed by atoms with Gasteiger partial charge in [0.25, 0.3) is 5.91 Å². The summed E-state index contributed by atoms with van der Waals surface area (Å²) in [6.07, 6.45) is 4.18. The first-order valence-electron chi connectivity index (χ1n) is 8.91. The first-order valence-corrected chi connectivity index (χ1v) is 9.79. The SMILES string of the molecule is O=C(O)C1CN(C(=O)c2scc3c2CCCC3)CC1c1cccc(F)c1. The smallest absolute Gasteiger partial charge is 0.308 e. The lowest BCUT2D eigenvalue weighted by molar-refractivity contribution is -0.141. The third kappa shape index (κ3) is 3.03. The van der Waals surface area contributed by atoms with Crippen LogP contribution in [0.15, 0.2) is 29.6 Å². The van der Waals surface area contributed by atoms with E-state index in [-0.39, 0.29) is 24.2 Å². The first kappa shape index (κ1) is 17.2. The van der Waals surface area contributed by atoms with Crippen LogP contribution in [0.1, 0.15) is 45.1 Å². The number of carboxylic acid groups (broad SMARTS) is 1. The van der Waals surface area contributed by atoms with E-state index in [9.17, 15) is 19.1 Å². The molecule has 1 saturated heterocycles. The van der Waals surface area contributed by atoms with Crippen LogP contribution in [-0.4, -0.2) is 35.0 Å². The highest BCUT2D eigenvalue weighted by Gasteiger charge is 2.41. The fourth-order valence-corrected chi connectivity index (χ4v) is 5.26. The second-order valence-corrected chi connectivity index (χ2v) is 7.97. The van der Waals surface area contributed by atoms with Crippen LogP contribution >= 0.6 is 11.3 Å². The number of carbonyl (C=O) groups excluding carboxylic acids is 1. The molecule has 2 aromatic rings. The highest BCUT2D eigenvalue weighted by atomic mass is 32.1. The molecule has 0 bridgehead atoms. The third-order valence-electron chi connectivity index (χ3n) is 5.50. The van der Waals surface area contributed by atoms with Crippen LogP contribution in [-0.2, 0) is 17.6 Å². The molecule has 1 aliphatic carbocycles. The van der Waals surface area contributed by atoms with Crippen molar-refractivity contribution >= 4 is 23.2 Å². The number of rotatable bonds is 3. The van der Waals surface area contributed by atoms with Crippen molar-refractivity contribution in [2.45, 2.75) is 31.6 Å². The molecule has 2 unspecified atom stereocenters. The molecule has 1 aromatic heterocycles. The number of aryl methyl sites for hydroxylation is 1. The topological polar surface area (TPSA) is 57.6 Å². The van der Waals surface area contributed by atoms with Crippen LogP contribution in [0.2, 0.25) is 0 Å². The van der Waals surface area contributed by atoms with E-state index in [0.717, 1.165) is 36.1 Å². The van der Waals surface area contributed by atoms with E-state index < -0.39 is 11.9 Å². The number of nitrogens with zero attached hydrogens (tertiary/aromatic N) is 1. The van der Waals surface area contributed by atoms with Gasteiger partial charge in [-0.2, -0.15) is 0 Å². The predicted molar refractivity (Wildman–Crippen MR) is 97.1 cm³/mol. The lowest BCUT2D eigenvalue weighted by Gasteiger charge is -2.18. The van der Waals surface area contributed by atoms with E-state index in [1.54, 1.807) is 17.0 Å². The first-order chi connectivity index (χ1) is 12.5. The minimum absolute atomic E-state index is 0.0803. The van der Waals surface area contributed by atoms with Crippen LogP contribution in [0.3, 0.4) is 0 Å². The molecule has 4 nitrogen and oxygen atoms in total. The van der Waals surface area contributed by atoms with Gasteiger partial charge in [0, 0.05) is 19.0 Å². The van der Waals surface area contributed by atoms with E-state index in [4.69, 9.17) is 0 Å². The minimum atomic E-state index is -0.942. The van der Waals surface area contributed by atoms with Gasteiger partial charge in [0.05, 0.1) is 10.8 Å². The Morgan fingerprint density at radius 3 is 2.77 bits per heavy atom. The molecule has 2 atom stereocenters. The summed E-state index contributed by atoms with van der Waals surface area (Å²) in [5, 5.41) is 11.7. The summed E-state index contributed by atoms with van der Waals surface area (Å²) in [7, 11) is 0. The van der Waals surface area contributed by atoms with Crippen molar-refractivity contribution in [3.8, 4) is 0 Å². The van der Waals surface area contributed by atoms with Crippen molar-refractivity contribution in [2.75, 3.05) is 13.1 Å². The summed E-state index contributed by atoms with van der Waals surface area (Å²) in [4.78, 5) is 27.2. The zero-order valence-electron chi connectivity index (χ0n) is 14.3. The lowest BCUT2D eigenvalue weighted by atomic mass is 9.89. The highest BCUT2D eigenvalue weighted by Crippen LogP contribution is 2.36. The molecule has 0 radical (unpaired) electrons. The summed E-state index contributed by atoms with van der Waals surface area (Å²) in [6.45, 7) is 0.480. The van der Waals surface area contributed by atoms with Gasteiger partial charge in [0.2, 0.25) is 0 Å². The van der Waals surface area contributed by atoms with Gasteiger partial charge in [-0.25, -0.2) is 4.39 Å². The molecule has 1 N–H and O–H groups in total. The number of likely N-dealkylation sites (tertiary alicyclic amines) is 1. The lowest BCUT2D eigenvalue weighted by Crippen LogP contribution is -2.30. The van der Waals surface area contributed by atoms with Crippen LogP contribution < -0.4 is 0 Å². The number of carboxylic acids is 1. The summed E-state index contributed by atoms with van der Waals surface area (Å²) in [6, 6.07) is 6.05. The summed E-state index contributed by atoms with van der Waals surface area (Å²) in [5.41, 5.74) is 3.05. The second kappa shape index (κ2) is 6.83. The maximum Gasteiger partial charge on any atom is 0.308 e. The van der Waals surface area contributed by atoms with Crippen molar-refractivity contribution in [2.24, 2.45) is 5.92 Å². The van der Waals surface area contributed by atoms with E-state index in [1.165, 1.54) is 29.0 Å². The number of hydrogen-bond donors (Lipinski definition) is 1. The van der Waals surface area contributed by atoms with E-state index >= 15 is 0 Å². The Morgan fingerprint density at radius 2 is 2.00 bits per heavy atom. The van der Waals surface area contributed by atoms with Crippen LogP contribution in [0.4, 0.5) is 4.39 Å². The van der Waals surface area contributed by atoms with E-state index in [2.05, 4.69) is 5.38 Å². The second-order valence-electron chi connectivity index (χ2n) is 7.09. The predicted octanol–water partition coefficient (Wildman–Crippen LogP) is 3.71. The van der Waals surface area contributed by atoms with E-state index in [0.29, 0.717) is 12.1 Å². The normalized spacial score (nSPS) is 22.3. The molecule has 26 heavy (non-hydrogen) atoms. The molecule has 136 valence electrons. The molecule has 2 aliphatic rings. The Labute approximate surface area is 155 Å². The van der Waals surface area contributed by atoms with Crippen LogP contribution in [0.5, 0.6) is 0 Å². The fourth-order valence-electron chi connectivity index (χ4n) is 4.14. The van der Waals surface area contributed by atoms with Crippen LogP contribution in [0.25, 0.3) is 0 Å². The standard InChI is InChI=1S/C20H20FNO3S/c21-14-6-3-5-12(8-14)16-9-22(10-17(16)20(24)25)19(23)18-15-7-2-1-4-13(15)11-26-18/h3,5-6,8,11,16-17H,1-2,4,7,9-10H2,(H,24,25).